The third kappa shape index (κ3) is 2.21. The van der Waals surface area contributed by atoms with Crippen LogP contribution in [0.4, 0.5) is 0 Å². The molecule has 0 amide bonds. The number of fused-ring (bicyclic) bond motifs is 1. The minimum Gasteiger partial charge on any atom is -0.454 e. The van der Waals surface area contributed by atoms with Crippen molar-refractivity contribution in [3.8, 4) is 22.8 Å². The monoisotopic (exact) mass is 294 g/mol. The average molecular weight is 294 g/mol. The standard InChI is InChI=1S/C17H14N2O3/c20-16(12-6-7-14-15(8-12)22-10-21-14)17-18-9-13(19-17)11-4-2-1-3-5-11/h1-9,16,20H,10H2,(H,18,19). The summed E-state index contributed by atoms with van der Waals surface area (Å²) in [5.74, 6) is 1.84. The van der Waals surface area contributed by atoms with Crippen molar-refractivity contribution < 1.29 is 14.6 Å². The molecule has 22 heavy (non-hydrogen) atoms. The van der Waals surface area contributed by atoms with Crippen molar-refractivity contribution in [3.63, 3.8) is 0 Å². The van der Waals surface area contributed by atoms with E-state index in [4.69, 9.17) is 9.47 Å². The quantitative estimate of drug-likeness (QED) is 0.779. The summed E-state index contributed by atoms with van der Waals surface area (Å²) in [6, 6.07) is 15.2. The zero-order valence-corrected chi connectivity index (χ0v) is 11.7. The van der Waals surface area contributed by atoms with E-state index in [-0.39, 0.29) is 6.79 Å². The Hall–Kier alpha value is -2.79. The molecule has 3 aromatic rings. The molecule has 1 aromatic heterocycles. The predicted molar refractivity (Wildman–Crippen MR) is 80.7 cm³/mol. The van der Waals surface area contributed by atoms with Gasteiger partial charge in [0, 0.05) is 0 Å². The van der Waals surface area contributed by atoms with E-state index in [2.05, 4.69) is 9.97 Å². The van der Waals surface area contributed by atoms with Crippen LogP contribution >= 0.6 is 0 Å². The summed E-state index contributed by atoms with van der Waals surface area (Å²) < 4.78 is 10.6. The lowest BCUT2D eigenvalue weighted by atomic mass is 10.1. The molecule has 0 fully saturated rings. The summed E-state index contributed by atoms with van der Waals surface area (Å²) in [6.07, 6.45) is 0.882. The summed E-state index contributed by atoms with van der Waals surface area (Å²) in [7, 11) is 0. The Labute approximate surface area is 127 Å². The first kappa shape index (κ1) is 12.9. The van der Waals surface area contributed by atoms with E-state index in [1.165, 1.54) is 0 Å². The number of aliphatic hydroxyl groups is 1. The molecule has 2 heterocycles. The number of H-pyrrole nitrogens is 1. The van der Waals surface area contributed by atoms with Crippen molar-refractivity contribution in [2.24, 2.45) is 0 Å². The van der Waals surface area contributed by atoms with Crippen LogP contribution in [-0.2, 0) is 0 Å². The molecule has 0 saturated carbocycles. The second-order valence-electron chi connectivity index (χ2n) is 5.06. The van der Waals surface area contributed by atoms with E-state index < -0.39 is 6.10 Å². The van der Waals surface area contributed by atoms with E-state index in [1.54, 1.807) is 18.3 Å². The van der Waals surface area contributed by atoms with Crippen LogP contribution in [0.15, 0.2) is 54.7 Å². The Balaban J connectivity index is 1.63. The minimum absolute atomic E-state index is 0.216. The van der Waals surface area contributed by atoms with Gasteiger partial charge in [0.25, 0.3) is 0 Å². The number of ether oxygens (including phenoxy) is 2. The van der Waals surface area contributed by atoms with Crippen LogP contribution in [0.25, 0.3) is 11.3 Å². The average Bonchev–Trinajstić information content (AvgIpc) is 3.23. The van der Waals surface area contributed by atoms with E-state index in [9.17, 15) is 5.11 Å². The van der Waals surface area contributed by atoms with Crippen molar-refractivity contribution >= 4 is 0 Å². The Kier molecular flexibility index (Phi) is 3.05. The molecule has 0 radical (unpaired) electrons. The molecule has 1 unspecified atom stereocenters. The molecule has 0 saturated heterocycles. The third-order valence-corrected chi connectivity index (χ3v) is 3.65. The number of imidazole rings is 1. The highest BCUT2D eigenvalue weighted by molar-refractivity contribution is 5.58. The lowest BCUT2D eigenvalue weighted by Gasteiger charge is -2.09. The number of rotatable bonds is 3. The topological polar surface area (TPSA) is 67.4 Å². The number of nitrogens with zero attached hydrogens (tertiary/aromatic N) is 1. The number of hydrogen-bond donors (Lipinski definition) is 2. The van der Waals surface area contributed by atoms with Crippen LogP contribution in [-0.4, -0.2) is 21.9 Å². The number of aromatic amines is 1. The lowest BCUT2D eigenvalue weighted by Crippen LogP contribution is -2.01. The van der Waals surface area contributed by atoms with Gasteiger partial charge < -0.3 is 19.6 Å². The molecule has 5 heteroatoms. The fourth-order valence-electron chi connectivity index (χ4n) is 2.48. The second-order valence-corrected chi connectivity index (χ2v) is 5.06. The molecule has 4 rings (SSSR count). The molecule has 1 aliphatic rings. The Morgan fingerprint density at radius 3 is 2.73 bits per heavy atom. The van der Waals surface area contributed by atoms with E-state index in [1.807, 2.05) is 36.4 Å². The molecule has 0 bridgehead atoms. The fraction of sp³-hybridized carbons (Fsp3) is 0.118. The van der Waals surface area contributed by atoms with Crippen molar-refractivity contribution in [2.45, 2.75) is 6.10 Å². The molecule has 2 aromatic carbocycles. The van der Waals surface area contributed by atoms with Gasteiger partial charge in [-0.15, -0.1) is 0 Å². The van der Waals surface area contributed by atoms with Gasteiger partial charge in [0.15, 0.2) is 11.5 Å². The van der Waals surface area contributed by atoms with Crippen LogP contribution in [0.2, 0.25) is 0 Å². The third-order valence-electron chi connectivity index (χ3n) is 3.65. The van der Waals surface area contributed by atoms with Crippen LogP contribution < -0.4 is 9.47 Å². The zero-order valence-electron chi connectivity index (χ0n) is 11.7. The lowest BCUT2D eigenvalue weighted by molar-refractivity contribution is 0.173. The number of hydrogen-bond acceptors (Lipinski definition) is 4. The maximum absolute atomic E-state index is 10.5. The first-order valence-electron chi connectivity index (χ1n) is 6.99. The first-order chi connectivity index (χ1) is 10.8. The second kappa shape index (κ2) is 5.20. The van der Waals surface area contributed by atoms with Gasteiger partial charge in [0.05, 0.1) is 11.9 Å². The highest BCUT2D eigenvalue weighted by Crippen LogP contribution is 2.35. The van der Waals surface area contributed by atoms with E-state index in [0.29, 0.717) is 22.9 Å². The highest BCUT2D eigenvalue weighted by Gasteiger charge is 2.19. The van der Waals surface area contributed by atoms with Gasteiger partial charge in [-0.1, -0.05) is 36.4 Å². The first-order valence-corrected chi connectivity index (χ1v) is 6.99. The molecule has 0 spiro atoms. The summed E-state index contributed by atoms with van der Waals surface area (Å²) in [5, 5.41) is 10.5. The molecular formula is C17H14N2O3. The summed E-state index contributed by atoms with van der Waals surface area (Å²) in [6.45, 7) is 0.216. The van der Waals surface area contributed by atoms with E-state index >= 15 is 0 Å². The Morgan fingerprint density at radius 2 is 1.86 bits per heavy atom. The van der Waals surface area contributed by atoms with E-state index in [0.717, 1.165) is 11.3 Å². The van der Waals surface area contributed by atoms with Crippen molar-refractivity contribution in [1.82, 2.24) is 9.97 Å². The summed E-state index contributed by atoms with van der Waals surface area (Å²) in [5.41, 5.74) is 2.60. The van der Waals surface area contributed by atoms with Crippen LogP contribution in [0.1, 0.15) is 17.5 Å². The molecule has 0 aliphatic carbocycles. The van der Waals surface area contributed by atoms with Gasteiger partial charge in [-0.25, -0.2) is 4.98 Å². The van der Waals surface area contributed by atoms with Gasteiger partial charge in [-0.05, 0) is 23.3 Å². The SMILES string of the molecule is OC(c1ccc2c(c1)OCO2)c1ncc(-c2ccccc2)[nH]1. The predicted octanol–water partition coefficient (Wildman–Crippen LogP) is 2.89. The maximum Gasteiger partial charge on any atom is 0.231 e. The van der Waals surface area contributed by atoms with Crippen molar-refractivity contribution in [1.29, 1.82) is 0 Å². The zero-order chi connectivity index (χ0) is 14.9. The summed E-state index contributed by atoms with van der Waals surface area (Å²) >= 11 is 0. The Bertz CT molecular complexity index is 799. The van der Waals surface area contributed by atoms with Crippen LogP contribution in [0.3, 0.4) is 0 Å². The number of aliphatic hydroxyl groups excluding tert-OH is 1. The largest absolute Gasteiger partial charge is 0.454 e. The van der Waals surface area contributed by atoms with Crippen molar-refractivity contribution in [3.05, 3.63) is 66.1 Å². The maximum atomic E-state index is 10.5. The molecule has 110 valence electrons. The van der Waals surface area contributed by atoms with Gasteiger partial charge in [-0.3, -0.25) is 0 Å². The smallest absolute Gasteiger partial charge is 0.231 e. The minimum atomic E-state index is -0.841. The normalized spacial score (nSPS) is 14.0. The Morgan fingerprint density at radius 1 is 1.05 bits per heavy atom. The van der Waals surface area contributed by atoms with Gasteiger partial charge in [0.2, 0.25) is 6.79 Å². The van der Waals surface area contributed by atoms with Gasteiger partial charge in [-0.2, -0.15) is 0 Å². The van der Waals surface area contributed by atoms with Crippen LogP contribution in [0, 0.1) is 0 Å². The van der Waals surface area contributed by atoms with Gasteiger partial charge in [0.1, 0.15) is 11.9 Å². The molecule has 1 aliphatic heterocycles. The fourth-order valence-corrected chi connectivity index (χ4v) is 2.48. The number of aromatic nitrogens is 2. The summed E-state index contributed by atoms with van der Waals surface area (Å²) in [4.78, 5) is 7.45. The number of benzene rings is 2. The van der Waals surface area contributed by atoms with Crippen molar-refractivity contribution in [2.75, 3.05) is 6.79 Å². The molecular weight excluding hydrogens is 280 g/mol. The van der Waals surface area contributed by atoms with Gasteiger partial charge >= 0.3 is 0 Å². The molecule has 2 N–H and O–H groups in total. The molecule has 5 nitrogen and oxygen atoms in total. The molecule has 1 atom stereocenters. The number of nitrogens with one attached hydrogen (secondary N) is 1. The highest BCUT2D eigenvalue weighted by atomic mass is 16.7. The van der Waals surface area contributed by atoms with Crippen LogP contribution in [0.5, 0.6) is 11.5 Å².